The van der Waals surface area contributed by atoms with Crippen LogP contribution in [0, 0.1) is 17.1 Å². The predicted octanol–water partition coefficient (Wildman–Crippen LogP) is 0.764. The van der Waals surface area contributed by atoms with Gasteiger partial charge in [0.05, 0.1) is 4.90 Å². The molecule has 1 aromatic rings. The Morgan fingerprint density at radius 1 is 1.56 bits per heavy atom. The van der Waals surface area contributed by atoms with Crippen LogP contribution in [0.25, 0.3) is 0 Å². The Bertz CT molecular complexity index is 536. The maximum Gasteiger partial charge on any atom is 0.238 e. The number of hydrogen-bond acceptors (Lipinski definition) is 4. The highest BCUT2D eigenvalue weighted by Crippen LogP contribution is 2.21. The van der Waals surface area contributed by atoms with Crippen molar-refractivity contribution < 1.29 is 17.5 Å². The Labute approximate surface area is 92.3 Å². The highest BCUT2D eigenvalue weighted by atomic mass is 32.2. The van der Waals surface area contributed by atoms with E-state index in [1.54, 1.807) is 6.07 Å². The van der Waals surface area contributed by atoms with E-state index >= 15 is 0 Å². The van der Waals surface area contributed by atoms with Crippen LogP contribution in [0.4, 0.5) is 4.39 Å². The number of benzene rings is 1. The first-order valence-electron chi connectivity index (χ1n) is 4.23. The Morgan fingerprint density at radius 3 is 2.62 bits per heavy atom. The molecule has 0 aliphatic heterocycles. The second-order valence-corrected chi connectivity index (χ2v) is 4.59. The number of nitrogens with zero attached hydrogens (tertiary/aromatic N) is 1. The van der Waals surface area contributed by atoms with Gasteiger partial charge in [0.1, 0.15) is 6.07 Å². The first kappa shape index (κ1) is 12.4. The summed E-state index contributed by atoms with van der Waals surface area (Å²) in [5.41, 5.74) is 0. The number of rotatable bonds is 3. The average Bonchev–Trinajstić information content (AvgIpc) is 2.19. The van der Waals surface area contributed by atoms with Crippen molar-refractivity contribution in [2.45, 2.75) is 17.9 Å². The van der Waals surface area contributed by atoms with Crippen molar-refractivity contribution in [3.05, 3.63) is 24.0 Å². The number of halogens is 1. The standard InChI is InChI=1S/C9H9FN2O3S/c1-6(5-11)15-9-3-2-7(4-8(9)10)16(12,13)14/h2-4,6H,1H3,(H2,12,13,14). The summed E-state index contributed by atoms with van der Waals surface area (Å²) in [6, 6.07) is 4.72. The Kier molecular flexibility index (Phi) is 3.47. The molecule has 0 bridgehead atoms. The van der Waals surface area contributed by atoms with Crippen LogP contribution in [0.2, 0.25) is 0 Å². The lowest BCUT2D eigenvalue weighted by atomic mass is 10.3. The average molecular weight is 244 g/mol. The minimum atomic E-state index is -3.94. The van der Waals surface area contributed by atoms with Gasteiger partial charge in [-0.1, -0.05) is 0 Å². The van der Waals surface area contributed by atoms with Gasteiger partial charge in [-0.3, -0.25) is 0 Å². The molecular weight excluding hydrogens is 235 g/mol. The van der Waals surface area contributed by atoms with Crippen LogP contribution in [-0.4, -0.2) is 14.5 Å². The van der Waals surface area contributed by atoms with Crippen LogP contribution in [0.3, 0.4) is 0 Å². The summed E-state index contributed by atoms with van der Waals surface area (Å²) in [4.78, 5) is -0.345. The summed E-state index contributed by atoms with van der Waals surface area (Å²) in [6.45, 7) is 1.44. The van der Waals surface area contributed by atoms with Crippen LogP contribution in [0.15, 0.2) is 23.1 Å². The van der Waals surface area contributed by atoms with Gasteiger partial charge in [-0.15, -0.1) is 0 Å². The van der Waals surface area contributed by atoms with Crippen molar-refractivity contribution in [3.63, 3.8) is 0 Å². The highest BCUT2D eigenvalue weighted by Gasteiger charge is 2.13. The maximum absolute atomic E-state index is 13.3. The third kappa shape index (κ3) is 2.92. The van der Waals surface area contributed by atoms with Crippen LogP contribution in [-0.2, 0) is 10.0 Å². The maximum atomic E-state index is 13.3. The van der Waals surface area contributed by atoms with Crippen molar-refractivity contribution in [1.29, 1.82) is 5.26 Å². The third-order valence-electron chi connectivity index (χ3n) is 1.72. The Hall–Kier alpha value is -1.65. The van der Waals surface area contributed by atoms with Crippen molar-refractivity contribution >= 4 is 10.0 Å². The summed E-state index contributed by atoms with van der Waals surface area (Å²) in [5.74, 6) is -1.07. The van der Waals surface area contributed by atoms with Gasteiger partial charge in [-0.05, 0) is 25.1 Å². The lowest BCUT2D eigenvalue weighted by Crippen LogP contribution is -2.13. The molecule has 0 aromatic heterocycles. The van der Waals surface area contributed by atoms with Crippen LogP contribution in [0.1, 0.15) is 6.92 Å². The zero-order chi connectivity index (χ0) is 12.3. The van der Waals surface area contributed by atoms with E-state index in [1.807, 2.05) is 0 Å². The summed E-state index contributed by atoms with van der Waals surface area (Å²) < 4.78 is 40.0. The van der Waals surface area contributed by atoms with Gasteiger partial charge in [0, 0.05) is 0 Å². The Balaban J connectivity index is 3.07. The summed E-state index contributed by atoms with van der Waals surface area (Å²) in [6.07, 6.45) is -0.824. The van der Waals surface area contributed by atoms with Gasteiger partial charge in [0.15, 0.2) is 17.7 Å². The van der Waals surface area contributed by atoms with Crippen LogP contribution >= 0.6 is 0 Å². The topological polar surface area (TPSA) is 93.2 Å². The van der Waals surface area contributed by atoms with E-state index in [-0.39, 0.29) is 10.6 Å². The number of hydrogen-bond donors (Lipinski definition) is 1. The smallest absolute Gasteiger partial charge is 0.238 e. The van der Waals surface area contributed by atoms with E-state index < -0.39 is 21.9 Å². The van der Waals surface area contributed by atoms with Crippen molar-refractivity contribution in [2.75, 3.05) is 0 Å². The fourth-order valence-corrected chi connectivity index (χ4v) is 1.50. The predicted molar refractivity (Wildman–Crippen MR) is 53.5 cm³/mol. The molecule has 0 saturated heterocycles. The van der Waals surface area contributed by atoms with Gasteiger partial charge < -0.3 is 4.74 Å². The van der Waals surface area contributed by atoms with Crippen molar-refractivity contribution in [1.82, 2.24) is 0 Å². The second-order valence-electron chi connectivity index (χ2n) is 3.03. The van der Waals surface area contributed by atoms with Gasteiger partial charge >= 0.3 is 0 Å². The molecule has 2 N–H and O–H groups in total. The van der Waals surface area contributed by atoms with Crippen LogP contribution < -0.4 is 9.88 Å². The molecule has 7 heteroatoms. The SMILES string of the molecule is CC(C#N)Oc1ccc(S(N)(=O)=O)cc1F. The van der Waals surface area contributed by atoms with Crippen LogP contribution in [0.5, 0.6) is 5.75 Å². The highest BCUT2D eigenvalue weighted by molar-refractivity contribution is 7.89. The van der Waals surface area contributed by atoms with Crippen molar-refractivity contribution in [2.24, 2.45) is 5.14 Å². The lowest BCUT2D eigenvalue weighted by molar-refractivity contribution is 0.262. The van der Waals surface area contributed by atoms with E-state index in [2.05, 4.69) is 0 Å². The summed E-state index contributed by atoms with van der Waals surface area (Å²) in [7, 11) is -3.94. The van der Waals surface area contributed by atoms with E-state index in [0.717, 1.165) is 18.2 Å². The monoisotopic (exact) mass is 244 g/mol. The minimum Gasteiger partial charge on any atom is -0.473 e. The number of nitriles is 1. The first-order chi connectivity index (χ1) is 7.34. The molecule has 86 valence electrons. The fourth-order valence-electron chi connectivity index (χ4n) is 0.971. The zero-order valence-electron chi connectivity index (χ0n) is 8.34. The number of primary sulfonamides is 1. The molecule has 0 aliphatic rings. The molecular formula is C9H9FN2O3S. The molecule has 1 unspecified atom stereocenters. The van der Waals surface area contributed by atoms with E-state index in [9.17, 15) is 12.8 Å². The molecule has 1 atom stereocenters. The number of nitrogens with two attached hydrogens (primary N) is 1. The molecule has 0 aliphatic carbocycles. The second kappa shape index (κ2) is 4.47. The number of ether oxygens (including phenoxy) is 1. The molecule has 16 heavy (non-hydrogen) atoms. The van der Waals surface area contributed by atoms with E-state index in [1.165, 1.54) is 6.92 Å². The molecule has 5 nitrogen and oxygen atoms in total. The quantitative estimate of drug-likeness (QED) is 0.849. The molecule has 0 fully saturated rings. The first-order valence-corrected chi connectivity index (χ1v) is 5.78. The summed E-state index contributed by atoms with van der Waals surface area (Å²) in [5, 5.41) is 13.3. The largest absolute Gasteiger partial charge is 0.473 e. The van der Waals surface area contributed by atoms with Gasteiger partial charge in [-0.25, -0.2) is 17.9 Å². The molecule has 0 heterocycles. The van der Waals surface area contributed by atoms with Gasteiger partial charge in [0.2, 0.25) is 10.0 Å². The molecule has 0 amide bonds. The minimum absolute atomic E-state index is 0.193. The lowest BCUT2D eigenvalue weighted by Gasteiger charge is -2.09. The van der Waals surface area contributed by atoms with Crippen molar-refractivity contribution in [3.8, 4) is 11.8 Å². The van der Waals surface area contributed by atoms with Gasteiger partial charge in [-0.2, -0.15) is 5.26 Å². The third-order valence-corrected chi connectivity index (χ3v) is 2.63. The fraction of sp³-hybridized carbons (Fsp3) is 0.222. The normalized spacial score (nSPS) is 12.9. The van der Waals surface area contributed by atoms with Gasteiger partial charge in [0.25, 0.3) is 0 Å². The molecule has 0 spiro atoms. The summed E-state index contributed by atoms with van der Waals surface area (Å²) >= 11 is 0. The van der Waals surface area contributed by atoms with E-state index in [4.69, 9.17) is 15.1 Å². The molecule has 0 saturated carbocycles. The molecule has 1 rings (SSSR count). The molecule has 1 aromatic carbocycles. The Morgan fingerprint density at radius 2 is 2.19 bits per heavy atom. The van der Waals surface area contributed by atoms with E-state index in [0.29, 0.717) is 0 Å². The zero-order valence-corrected chi connectivity index (χ0v) is 9.16. The number of sulfonamides is 1. The molecule has 0 radical (unpaired) electrons.